The minimum absolute atomic E-state index is 0.164. The molecule has 0 radical (unpaired) electrons. The van der Waals surface area contributed by atoms with Gasteiger partial charge in [-0.3, -0.25) is 4.90 Å². The van der Waals surface area contributed by atoms with Crippen molar-refractivity contribution in [2.24, 2.45) is 11.7 Å². The van der Waals surface area contributed by atoms with Crippen LogP contribution in [0.2, 0.25) is 0 Å². The minimum atomic E-state index is 0.164. The Bertz CT molecular complexity index is 392. The first-order valence-electron chi connectivity index (χ1n) is 7.43. The second kappa shape index (κ2) is 7.62. The third kappa shape index (κ3) is 4.78. The van der Waals surface area contributed by atoms with E-state index in [1.807, 2.05) is 24.3 Å². The summed E-state index contributed by atoms with van der Waals surface area (Å²) >= 11 is 0. The molecule has 1 aliphatic heterocycles. The average Bonchev–Trinajstić information content (AvgIpc) is 2.45. The summed E-state index contributed by atoms with van der Waals surface area (Å²) in [6.45, 7) is 9.59. The normalized spacial score (nSPS) is 20.3. The molecule has 2 rings (SSSR count). The van der Waals surface area contributed by atoms with Crippen molar-refractivity contribution in [3.8, 4) is 5.75 Å². The molecule has 1 atom stereocenters. The van der Waals surface area contributed by atoms with E-state index >= 15 is 0 Å². The molecule has 1 aromatic carbocycles. The zero-order valence-electron chi connectivity index (χ0n) is 12.5. The van der Waals surface area contributed by atoms with Crippen LogP contribution in [0.4, 0.5) is 0 Å². The number of nitrogens with two attached hydrogens (primary N) is 1. The maximum Gasteiger partial charge on any atom is 0.119 e. The summed E-state index contributed by atoms with van der Waals surface area (Å²) in [7, 11) is 0. The standard InChI is InChI=1S/C16H26N2O2/c1-13(2)10-18-7-8-19-16(11-18)12-20-15-5-3-14(9-17)4-6-15/h3-6,13,16H,7-12,17H2,1-2H3. The first kappa shape index (κ1) is 15.3. The van der Waals surface area contributed by atoms with Crippen molar-refractivity contribution in [1.29, 1.82) is 0 Å². The van der Waals surface area contributed by atoms with Gasteiger partial charge < -0.3 is 15.2 Å². The van der Waals surface area contributed by atoms with E-state index in [-0.39, 0.29) is 6.10 Å². The molecule has 0 amide bonds. The van der Waals surface area contributed by atoms with Crippen molar-refractivity contribution in [3.05, 3.63) is 29.8 Å². The second-order valence-corrected chi connectivity index (χ2v) is 5.81. The highest BCUT2D eigenvalue weighted by atomic mass is 16.5. The number of ether oxygens (including phenoxy) is 2. The Morgan fingerprint density at radius 2 is 2.10 bits per heavy atom. The first-order valence-corrected chi connectivity index (χ1v) is 7.43. The minimum Gasteiger partial charge on any atom is -0.491 e. The summed E-state index contributed by atoms with van der Waals surface area (Å²) < 4.78 is 11.6. The van der Waals surface area contributed by atoms with E-state index in [9.17, 15) is 0 Å². The number of hydrogen-bond donors (Lipinski definition) is 1. The Kier molecular flexibility index (Phi) is 5.83. The van der Waals surface area contributed by atoms with Gasteiger partial charge in [-0.05, 0) is 23.6 Å². The third-order valence-electron chi connectivity index (χ3n) is 3.44. The number of morpholine rings is 1. The molecule has 1 unspecified atom stereocenters. The predicted molar refractivity (Wildman–Crippen MR) is 80.8 cm³/mol. The van der Waals surface area contributed by atoms with Gasteiger partial charge in [0.2, 0.25) is 0 Å². The van der Waals surface area contributed by atoms with Crippen LogP contribution in [0.25, 0.3) is 0 Å². The van der Waals surface area contributed by atoms with Crippen molar-refractivity contribution in [2.45, 2.75) is 26.5 Å². The van der Waals surface area contributed by atoms with E-state index in [1.165, 1.54) is 0 Å². The molecular weight excluding hydrogens is 252 g/mol. The molecule has 1 aliphatic rings. The van der Waals surface area contributed by atoms with Gasteiger partial charge in [-0.2, -0.15) is 0 Å². The van der Waals surface area contributed by atoms with Crippen molar-refractivity contribution in [2.75, 3.05) is 32.8 Å². The lowest BCUT2D eigenvalue weighted by Crippen LogP contribution is -2.46. The van der Waals surface area contributed by atoms with Crippen LogP contribution >= 0.6 is 0 Å². The number of rotatable bonds is 6. The van der Waals surface area contributed by atoms with Crippen LogP contribution in [0.5, 0.6) is 5.75 Å². The van der Waals surface area contributed by atoms with Crippen molar-refractivity contribution < 1.29 is 9.47 Å². The molecular formula is C16H26N2O2. The van der Waals surface area contributed by atoms with Gasteiger partial charge in [0.05, 0.1) is 6.61 Å². The highest BCUT2D eigenvalue weighted by Gasteiger charge is 2.21. The monoisotopic (exact) mass is 278 g/mol. The molecule has 0 bridgehead atoms. The van der Waals surface area contributed by atoms with Crippen LogP contribution in [-0.4, -0.2) is 43.9 Å². The molecule has 2 N–H and O–H groups in total. The lowest BCUT2D eigenvalue weighted by molar-refractivity contribution is -0.0505. The molecule has 1 aromatic rings. The van der Waals surface area contributed by atoms with Gasteiger partial charge in [-0.15, -0.1) is 0 Å². The molecule has 0 aliphatic carbocycles. The largest absolute Gasteiger partial charge is 0.491 e. The van der Waals surface area contributed by atoms with Crippen LogP contribution in [0.15, 0.2) is 24.3 Å². The van der Waals surface area contributed by atoms with Crippen LogP contribution in [0.3, 0.4) is 0 Å². The van der Waals surface area contributed by atoms with Gasteiger partial charge in [-0.25, -0.2) is 0 Å². The summed E-state index contributed by atoms with van der Waals surface area (Å²) in [5.74, 6) is 1.57. The summed E-state index contributed by atoms with van der Waals surface area (Å²) in [6.07, 6.45) is 0.164. The zero-order valence-corrected chi connectivity index (χ0v) is 12.5. The average molecular weight is 278 g/mol. The van der Waals surface area contributed by atoms with Gasteiger partial charge in [-0.1, -0.05) is 26.0 Å². The van der Waals surface area contributed by atoms with E-state index in [0.29, 0.717) is 19.1 Å². The van der Waals surface area contributed by atoms with Crippen LogP contribution in [-0.2, 0) is 11.3 Å². The van der Waals surface area contributed by atoms with Gasteiger partial charge >= 0.3 is 0 Å². The molecule has 4 nitrogen and oxygen atoms in total. The summed E-state index contributed by atoms with van der Waals surface area (Å²) in [5.41, 5.74) is 6.70. The molecule has 1 saturated heterocycles. The highest BCUT2D eigenvalue weighted by Crippen LogP contribution is 2.14. The fourth-order valence-electron chi connectivity index (χ4n) is 2.47. The fraction of sp³-hybridized carbons (Fsp3) is 0.625. The fourth-order valence-corrected chi connectivity index (χ4v) is 2.47. The first-order chi connectivity index (χ1) is 9.67. The number of hydrogen-bond acceptors (Lipinski definition) is 4. The van der Waals surface area contributed by atoms with Gasteiger partial charge in [0, 0.05) is 26.2 Å². The molecule has 0 aromatic heterocycles. The van der Waals surface area contributed by atoms with E-state index in [1.54, 1.807) is 0 Å². The Morgan fingerprint density at radius 3 is 2.75 bits per heavy atom. The van der Waals surface area contributed by atoms with Crippen LogP contribution in [0.1, 0.15) is 19.4 Å². The van der Waals surface area contributed by atoms with Crippen LogP contribution < -0.4 is 10.5 Å². The van der Waals surface area contributed by atoms with E-state index < -0.39 is 0 Å². The smallest absolute Gasteiger partial charge is 0.119 e. The third-order valence-corrected chi connectivity index (χ3v) is 3.44. The van der Waals surface area contributed by atoms with E-state index in [0.717, 1.165) is 37.6 Å². The van der Waals surface area contributed by atoms with Gasteiger partial charge in [0.1, 0.15) is 18.5 Å². The molecule has 1 fully saturated rings. The topological polar surface area (TPSA) is 47.7 Å². The SMILES string of the molecule is CC(C)CN1CCOC(COc2ccc(CN)cc2)C1. The Balaban J connectivity index is 1.77. The molecule has 0 saturated carbocycles. The van der Waals surface area contributed by atoms with Crippen molar-refractivity contribution in [3.63, 3.8) is 0 Å². The lowest BCUT2D eigenvalue weighted by atomic mass is 10.2. The molecule has 112 valence electrons. The highest BCUT2D eigenvalue weighted by molar-refractivity contribution is 5.27. The summed E-state index contributed by atoms with van der Waals surface area (Å²) in [5, 5.41) is 0. The number of benzene rings is 1. The molecule has 1 heterocycles. The second-order valence-electron chi connectivity index (χ2n) is 5.81. The van der Waals surface area contributed by atoms with Gasteiger partial charge in [0.25, 0.3) is 0 Å². The van der Waals surface area contributed by atoms with Gasteiger partial charge in [0.15, 0.2) is 0 Å². The maximum absolute atomic E-state index is 5.81. The Hall–Kier alpha value is -1.10. The lowest BCUT2D eigenvalue weighted by Gasteiger charge is -2.33. The van der Waals surface area contributed by atoms with Crippen LogP contribution in [0, 0.1) is 5.92 Å². The Labute approximate surface area is 121 Å². The summed E-state index contributed by atoms with van der Waals surface area (Å²) in [6, 6.07) is 7.94. The molecule has 0 spiro atoms. The van der Waals surface area contributed by atoms with Crippen molar-refractivity contribution in [1.82, 2.24) is 4.90 Å². The maximum atomic E-state index is 5.81. The quantitative estimate of drug-likeness (QED) is 0.863. The zero-order chi connectivity index (χ0) is 14.4. The van der Waals surface area contributed by atoms with E-state index in [2.05, 4.69) is 18.7 Å². The predicted octanol–water partition coefficient (Wildman–Crippen LogP) is 1.88. The summed E-state index contributed by atoms with van der Waals surface area (Å²) in [4.78, 5) is 2.46. The molecule has 20 heavy (non-hydrogen) atoms. The number of nitrogens with zero attached hydrogens (tertiary/aromatic N) is 1. The van der Waals surface area contributed by atoms with Crippen molar-refractivity contribution >= 4 is 0 Å². The molecule has 4 heteroatoms. The van der Waals surface area contributed by atoms with E-state index in [4.69, 9.17) is 15.2 Å². The Morgan fingerprint density at radius 1 is 1.35 bits per heavy atom.